The van der Waals surface area contributed by atoms with Gasteiger partial charge in [0.25, 0.3) is 0 Å². The molecule has 0 aliphatic heterocycles. The molecule has 0 aromatic rings. The summed E-state index contributed by atoms with van der Waals surface area (Å²) in [4.78, 5) is 0. The van der Waals surface area contributed by atoms with Crippen LogP contribution < -0.4 is 0 Å². The van der Waals surface area contributed by atoms with Crippen LogP contribution in [0.3, 0.4) is 0 Å². The molecule has 0 atom stereocenters. The molecule has 0 radical (unpaired) electrons. The van der Waals surface area contributed by atoms with E-state index in [4.69, 9.17) is 37.7 Å². The van der Waals surface area contributed by atoms with Gasteiger partial charge in [-0.1, -0.05) is 0 Å². The van der Waals surface area contributed by atoms with Crippen LogP contribution in [0.5, 0.6) is 0 Å². The van der Waals surface area contributed by atoms with Crippen LogP contribution in [0.25, 0.3) is 30.8 Å². The van der Waals surface area contributed by atoms with Gasteiger partial charge in [0.15, 0.2) is 0 Å². The van der Waals surface area contributed by atoms with Crippen molar-refractivity contribution in [3.63, 3.8) is 0 Å². The fourth-order valence-electron chi connectivity index (χ4n) is 0. The Balaban J connectivity index is -0.00000000671. The molecule has 5 nitrogen and oxygen atoms in total. The van der Waals surface area contributed by atoms with Gasteiger partial charge in [0, 0.05) is 0 Å². The molecule has 0 spiro atoms. The quantitative estimate of drug-likeness (QED) is 0.330. The zero-order chi connectivity index (χ0) is 6.50. The number of hydrogen-bond donors (Lipinski definition) is 0. The van der Waals surface area contributed by atoms with E-state index < -0.39 is 11.9 Å². The van der Waals surface area contributed by atoms with Crippen molar-refractivity contribution in [3.8, 4) is 0 Å². The van der Waals surface area contributed by atoms with E-state index >= 15 is 0 Å². The van der Waals surface area contributed by atoms with Crippen LogP contribution in [-0.2, 0) is 27.3 Å². The van der Waals surface area contributed by atoms with Gasteiger partial charge in [-0.3, -0.25) is 0 Å². The molecule has 0 unspecified atom stereocenters. The van der Waals surface area contributed by atoms with Gasteiger partial charge in [0.2, 0.25) is 0 Å². The SMILES string of the molecule is [Cl][Cr+2].[Cl][Pt-2]([Cl])([Cl])[Cl].[NH2-].[NH2-].[NH2-].[NH2-].[NH2-]. The molecule has 0 saturated carbocycles. The standard InChI is InChI=1S/5ClH.Cr.5H2N.Pt/h5*1H;;5*1H2;/q;;;;;+3;5*-1;+2/p-5. The molecular weight excluding hydrogens is 494 g/mol. The van der Waals surface area contributed by atoms with Crippen LogP contribution in [0.4, 0.5) is 0 Å². The number of halogens is 5. The zero-order valence-electron chi connectivity index (χ0n) is 5.50. The minimum Gasteiger partial charge on any atom is -0.693 e. The van der Waals surface area contributed by atoms with Crippen molar-refractivity contribution in [2.24, 2.45) is 0 Å². The van der Waals surface area contributed by atoms with Crippen LogP contribution in [0.2, 0.25) is 0 Å². The Morgan fingerprint density at radius 3 is 0.583 bits per heavy atom. The third-order valence-electron chi connectivity index (χ3n) is 0. The topological polar surface area (TPSA) is 168 Å². The van der Waals surface area contributed by atoms with Crippen molar-refractivity contribution >= 4 is 47.7 Å². The van der Waals surface area contributed by atoms with Crippen molar-refractivity contribution in [1.82, 2.24) is 0 Å². The fraction of sp³-hybridized carbons (Fsp3) is 0. The number of nitrogens with two attached hydrogens (primary N) is 5. The second-order valence-corrected chi connectivity index (χ2v) is 20.0. The van der Waals surface area contributed by atoms with Gasteiger partial charge in [0.1, 0.15) is 0 Å². The van der Waals surface area contributed by atoms with Crippen LogP contribution in [0.1, 0.15) is 0 Å². The summed E-state index contributed by atoms with van der Waals surface area (Å²) in [6, 6.07) is 0. The van der Waals surface area contributed by atoms with Gasteiger partial charge in [-0.25, -0.2) is 0 Å². The molecule has 0 amide bonds. The minimum atomic E-state index is -3.06. The summed E-state index contributed by atoms with van der Waals surface area (Å²) >= 11 is -0.958. The Bertz CT molecular complexity index is 35.3. The van der Waals surface area contributed by atoms with Crippen molar-refractivity contribution in [3.05, 3.63) is 30.8 Å². The first kappa shape index (κ1) is 47.0. The molecule has 0 aromatic carbocycles. The molecular formula is H10Cl5CrN5Pt-5. The summed E-state index contributed by atoms with van der Waals surface area (Å²) < 4.78 is 0. The molecule has 0 fully saturated rings. The molecule has 12 heteroatoms. The van der Waals surface area contributed by atoms with Crippen LogP contribution in [0.15, 0.2) is 0 Å². The summed E-state index contributed by atoms with van der Waals surface area (Å²) in [6.07, 6.45) is 0. The van der Waals surface area contributed by atoms with Gasteiger partial charge in [-0.2, -0.15) is 0 Å². The Kier molecular flexibility index (Phi) is 114. The first-order valence-electron chi connectivity index (χ1n) is 0.632. The van der Waals surface area contributed by atoms with Gasteiger partial charge >= 0.3 is 75.0 Å². The zero-order valence-corrected chi connectivity index (χ0v) is 12.8. The summed E-state index contributed by atoms with van der Waals surface area (Å²) in [7, 11) is 24.5. The predicted octanol–water partition coefficient (Wildman–Crippen LogP) is 7.03. The Morgan fingerprint density at radius 2 is 0.583 bits per heavy atom. The van der Waals surface area contributed by atoms with Crippen molar-refractivity contribution in [2.45, 2.75) is 0 Å². The average Bonchev–Trinajstić information content (AvgIpc) is 1.36. The van der Waals surface area contributed by atoms with E-state index in [0.717, 1.165) is 0 Å². The molecule has 0 heterocycles. The van der Waals surface area contributed by atoms with E-state index in [-0.39, 0.29) is 30.8 Å². The summed E-state index contributed by atoms with van der Waals surface area (Å²) in [5.41, 5.74) is 0. The van der Waals surface area contributed by atoms with E-state index in [1.807, 2.05) is 0 Å². The molecule has 0 rings (SSSR count). The smallest absolute Gasteiger partial charge is 0.693 e. The van der Waals surface area contributed by atoms with Gasteiger partial charge < -0.3 is 30.8 Å². The van der Waals surface area contributed by atoms with E-state index in [9.17, 15) is 0 Å². The molecule has 0 aliphatic rings. The Morgan fingerprint density at radius 1 is 0.583 bits per heavy atom. The molecule has 91 valence electrons. The van der Waals surface area contributed by atoms with Crippen LogP contribution in [0, 0.1) is 0 Å². The normalized spacial score (nSPS) is 6.67. The molecule has 0 aromatic heterocycles. The van der Waals surface area contributed by atoms with E-state index in [0.29, 0.717) is 0 Å². The van der Waals surface area contributed by atoms with E-state index in [2.05, 4.69) is 25.4 Å². The maximum atomic E-state index is 5.01. The van der Waals surface area contributed by atoms with Crippen LogP contribution in [-0.4, -0.2) is 0 Å². The fourth-order valence-corrected chi connectivity index (χ4v) is 0. The monoisotopic (exact) mass is 502 g/mol. The van der Waals surface area contributed by atoms with Gasteiger partial charge in [-0.15, -0.1) is 0 Å². The maximum Gasteiger partial charge on any atom is -0.693 e. The van der Waals surface area contributed by atoms with E-state index in [1.165, 1.54) is 0 Å². The number of hydrogen-bond acceptors (Lipinski definition) is 0. The van der Waals surface area contributed by atoms with Crippen molar-refractivity contribution in [1.29, 1.82) is 0 Å². The van der Waals surface area contributed by atoms with Gasteiger partial charge in [0.05, 0.1) is 0 Å². The van der Waals surface area contributed by atoms with Crippen LogP contribution >= 0.6 is 47.7 Å². The second kappa shape index (κ2) is 29.2. The maximum absolute atomic E-state index is 5.01. The Labute approximate surface area is 105 Å². The first-order valence-corrected chi connectivity index (χ1v) is 13.6. The third-order valence-corrected chi connectivity index (χ3v) is 0. The molecule has 10 N–H and O–H groups in total. The second-order valence-electron chi connectivity index (χ2n) is 0.271. The van der Waals surface area contributed by atoms with Gasteiger partial charge in [-0.05, 0) is 0 Å². The van der Waals surface area contributed by atoms with Crippen molar-refractivity contribution < 1.29 is 27.3 Å². The average molecular weight is 504 g/mol. The predicted molar refractivity (Wildman–Crippen MR) is 55.7 cm³/mol. The van der Waals surface area contributed by atoms with E-state index in [1.54, 1.807) is 0 Å². The Hall–Kier alpha value is 2.47. The molecule has 0 saturated heterocycles. The molecule has 12 heavy (non-hydrogen) atoms. The minimum absolute atomic E-state index is 0. The molecule has 0 bridgehead atoms. The summed E-state index contributed by atoms with van der Waals surface area (Å²) in [5.74, 6) is 0. The summed E-state index contributed by atoms with van der Waals surface area (Å²) in [5, 5.41) is 0. The number of rotatable bonds is 0. The third kappa shape index (κ3) is 269. The largest absolute Gasteiger partial charge is 0.693 e. The summed E-state index contributed by atoms with van der Waals surface area (Å²) in [6.45, 7) is 0. The van der Waals surface area contributed by atoms with Crippen molar-refractivity contribution in [2.75, 3.05) is 0 Å². The molecule has 0 aliphatic carbocycles. The first-order chi connectivity index (χ1) is 3.00.